The van der Waals surface area contributed by atoms with Gasteiger partial charge in [0.25, 0.3) is 0 Å². The molecule has 0 spiro atoms. The summed E-state index contributed by atoms with van der Waals surface area (Å²) >= 11 is 0. The number of phenolic OH excluding ortho intramolecular Hbond substituents is 1. The SMILES string of the molecule is CC1OC(c2ccc3c(OCc4ccccc4)cccc3c2O)CC(OCc2ccccc2)C1OCc1ccccc1. The van der Waals surface area contributed by atoms with E-state index in [9.17, 15) is 5.11 Å². The molecule has 1 fully saturated rings. The minimum absolute atomic E-state index is 0.209. The summed E-state index contributed by atoms with van der Waals surface area (Å²) in [6, 6.07) is 40.1. The first kappa shape index (κ1) is 28.0. The summed E-state index contributed by atoms with van der Waals surface area (Å²) < 4.78 is 25.6. The van der Waals surface area contributed by atoms with Gasteiger partial charge in [-0.3, -0.25) is 0 Å². The molecule has 4 unspecified atom stereocenters. The van der Waals surface area contributed by atoms with Crippen molar-refractivity contribution in [3.8, 4) is 11.5 Å². The van der Waals surface area contributed by atoms with Crippen LogP contribution >= 0.6 is 0 Å². The molecule has 4 atom stereocenters. The summed E-state index contributed by atoms with van der Waals surface area (Å²) in [6.45, 7) is 3.43. The summed E-state index contributed by atoms with van der Waals surface area (Å²) in [7, 11) is 0. The minimum Gasteiger partial charge on any atom is -0.507 e. The number of aromatic hydroxyl groups is 1. The first-order chi connectivity index (χ1) is 20.7. The van der Waals surface area contributed by atoms with Crippen LogP contribution in [0.15, 0.2) is 121 Å². The Balaban J connectivity index is 1.23. The van der Waals surface area contributed by atoms with Gasteiger partial charge in [0, 0.05) is 22.8 Å². The smallest absolute Gasteiger partial charge is 0.129 e. The molecule has 1 heterocycles. The lowest BCUT2D eigenvalue weighted by atomic mass is 9.92. The maximum Gasteiger partial charge on any atom is 0.129 e. The Hall–Kier alpha value is -4.16. The third-order valence-electron chi connectivity index (χ3n) is 7.85. The van der Waals surface area contributed by atoms with E-state index < -0.39 is 0 Å². The predicted molar refractivity (Wildman–Crippen MR) is 164 cm³/mol. The van der Waals surface area contributed by atoms with Crippen LogP contribution in [-0.4, -0.2) is 23.4 Å². The Kier molecular flexibility index (Phi) is 8.80. The second-order valence-electron chi connectivity index (χ2n) is 10.8. The number of hydrogen-bond donors (Lipinski definition) is 1. The first-order valence-corrected chi connectivity index (χ1v) is 14.5. The van der Waals surface area contributed by atoms with Gasteiger partial charge in [-0.1, -0.05) is 115 Å². The number of benzene rings is 5. The third-order valence-corrected chi connectivity index (χ3v) is 7.85. The minimum atomic E-state index is -0.351. The van der Waals surface area contributed by atoms with Crippen LogP contribution in [0.25, 0.3) is 10.8 Å². The molecule has 5 nitrogen and oxygen atoms in total. The van der Waals surface area contributed by atoms with Gasteiger partial charge in [-0.05, 0) is 29.7 Å². The zero-order valence-electron chi connectivity index (χ0n) is 23.8. The van der Waals surface area contributed by atoms with Gasteiger partial charge in [0.05, 0.1) is 31.5 Å². The molecule has 5 aromatic rings. The zero-order valence-corrected chi connectivity index (χ0v) is 23.8. The van der Waals surface area contributed by atoms with Gasteiger partial charge in [0.1, 0.15) is 24.2 Å². The van der Waals surface area contributed by atoms with Crippen LogP contribution in [-0.2, 0) is 34.0 Å². The largest absolute Gasteiger partial charge is 0.507 e. The van der Waals surface area contributed by atoms with Crippen molar-refractivity contribution in [1.29, 1.82) is 0 Å². The van der Waals surface area contributed by atoms with Gasteiger partial charge in [-0.15, -0.1) is 0 Å². The van der Waals surface area contributed by atoms with E-state index in [0.717, 1.165) is 38.8 Å². The fourth-order valence-electron chi connectivity index (χ4n) is 5.64. The number of rotatable bonds is 10. The van der Waals surface area contributed by atoms with Crippen molar-refractivity contribution >= 4 is 10.8 Å². The van der Waals surface area contributed by atoms with Crippen LogP contribution < -0.4 is 4.74 Å². The fraction of sp³-hybridized carbons (Fsp3) is 0.243. The summed E-state index contributed by atoms with van der Waals surface area (Å²) in [5.41, 5.74) is 4.03. The molecule has 0 bridgehead atoms. The van der Waals surface area contributed by atoms with Crippen molar-refractivity contribution < 1.29 is 24.1 Å². The van der Waals surface area contributed by atoms with E-state index in [0.29, 0.717) is 26.2 Å². The highest BCUT2D eigenvalue weighted by atomic mass is 16.6. The van der Waals surface area contributed by atoms with E-state index in [1.54, 1.807) is 0 Å². The molecule has 0 amide bonds. The molecule has 1 saturated heterocycles. The van der Waals surface area contributed by atoms with Crippen LogP contribution in [0.5, 0.6) is 11.5 Å². The summed E-state index contributed by atoms with van der Waals surface area (Å²) in [5.74, 6) is 0.940. The Morgan fingerprint density at radius 1 is 0.643 bits per heavy atom. The lowest BCUT2D eigenvalue weighted by Crippen LogP contribution is -2.47. The van der Waals surface area contributed by atoms with Crippen LogP contribution in [0.2, 0.25) is 0 Å². The standard InChI is InChI=1S/C37H36O5/c1-26-37(41-25-29-16-9-4-10-17-29)35(40-24-28-14-7-3-8-15-28)22-34(42-26)32-21-20-30-31(36(32)38)18-11-19-33(30)39-23-27-12-5-2-6-13-27/h2-21,26,34-35,37-38H,22-25H2,1H3. The van der Waals surface area contributed by atoms with Crippen molar-refractivity contribution in [2.24, 2.45) is 0 Å². The van der Waals surface area contributed by atoms with Crippen LogP contribution in [0.1, 0.15) is 41.7 Å². The monoisotopic (exact) mass is 560 g/mol. The molecular weight excluding hydrogens is 524 g/mol. The van der Waals surface area contributed by atoms with Crippen molar-refractivity contribution in [1.82, 2.24) is 0 Å². The van der Waals surface area contributed by atoms with Crippen molar-refractivity contribution in [2.45, 2.75) is 57.6 Å². The van der Waals surface area contributed by atoms with Gasteiger partial charge in [0.2, 0.25) is 0 Å². The number of hydrogen-bond acceptors (Lipinski definition) is 5. The molecule has 42 heavy (non-hydrogen) atoms. The Labute approximate surface area is 247 Å². The number of ether oxygens (including phenoxy) is 4. The van der Waals surface area contributed by atoms with Crippen LogP contribution in [0, 0.1) is 0 Å². The maximum absolute atomic E-state index is 11.5. The molecule has 6 rings (SSSR count). The topological polar surface area (TPSA) is 57.2 Å². The highest BCUT2D eigenvalue weighted by Crippen LogP contribution is 2.43. The molecule has 0 radical (unpaired) electrons. The second-order valence-corrected chi connectivity index (χ2v) is 10.8. The zero-order chi connectivity index (χ0) is 28.7. The van der Waals surface area contributed by atoms with E-state index in [1.807, 2.05) is 104 Å². The number of phenols is 1. The second kappa shape index (κ2) is 13.2. The molecule has 1 N–H and O–H groups in total. The average molecular weight is 561 g/mol. The lowest BCUT2D eigenvalue weighted by Gasteiger charge is -2.40. The first-order valence-electron chi connectivity index (χ1n) is 14.5. The van der Waals surface area contributed by atoms with Crippen molar-refractivity contribution in [2.75, 3.05) is 0 Å². The average Bonchev–Trinajstić information content (AvgIpc) is 3.04. The molecule has 1 aliphatic heterocycles. The third kappa shape index (κ3) is 6.50. The molecule has 5 aromatic carbocycles. The Morgan fingerprint density at radius 3 is 1.88 bits per heavy atom. The normalized spacial score (nSPS) is 20.4. The van der Waals surface area contributed by atoms with Crippen LogP contribution in [0.3, 0.4) is 0 Å². The Morgan fingerprint density at radius 2 is 1.24 bits per heavy atom. The van der Waals surface area contributed by atoms with E-state index in [1.165, 1.54) is 0 Å². The Bertz CT molecular complexity index is 1570. The molecule has 0 saturated carbocycles. The van der Waals surface area contributed by atoms with Gasteiger partial charge >= 0.3 is 0 Å². The molecule has 5 heteroatoms. The molecule has 214 valence electrons. The molecule has 0 aromatic heterocycles. The van der Waals surface area contributed by atoms with E-state index >= 15 is 0 Å². The predicted octanol–water partition coefficient (Wildman–Crippen LogP) is 8.15. The van der Waals surface area contributed by atoms with Crippen LogP contribution in [0.4, 0.5) is 0 Å². The van der Waals surface area contributed by atoms with Gasteiger partial charge in [-0.25, -0.2) is 0 Å². The fourth-order valence-corrected chi connectivity index (χ4v) is 5.64. The van der Waals surface area contributed by atoms with Crippen molar-refractivity contribution in [3.63, 3.8) is 0 Å². The van der Waals surface area contributed by atoms with Gasteiger partial charge in [-0.2, -0.15) is 0 Å². The highest BCUT2D eigenvalue weighted by Gasteiger charge is 2.39. The highest BCUT2D eigenvalue weighted by molar-refractivity contribution is 5.94. The lowest BCUT2D eigenvalue weighted by molar-refractivity contribution is -0.204. The van der Waals surface area contributed by atoms with E-state index in [-0.39, 0.29) is 30.2 Å². The van der Waals surface area contributed by atoms with Crippen molar-refractivity contribution in [3.05, 3.63) is 144 Å². The van der Waals surface area contributed by atoms with Gasteiger partial charge in [0.15, 0.2) is 0 Å². The summed E-state index contributed by atoms with van der Waals surface area (Å²) in [6.07, 6.45) is -0.525. The van der Waals surface area contributed by atoms with E-state index in [2.05, 4.69) is 24.3 Å². The summed E-state index contributed by atoms with van der Waals surface area (Å²) in [5, 5.41) is 13.1. The maximum atomic E-state index is 11.5. The molecule has 0 aliphatic carbocycles. The van der Waals surface area contributed by atoms with E-state index in [4.69, 9.17) is 18.9 Å². The summed E-state index contributed by atoms with van der Waals surface area (Å²) in [4.78, 5) is 0. The molecular formula is C37H36O5. The van der Waals surface area contributed by atoms with Gasteiger partial charge < -0.3 is 24.1 Å². The quantitative estimate of drug-likeness (QED) is 0.187. The number of fused-ring (bicyclic) bond motifs is 1. The molecule has 1 aliphatic rings.